The lowest BCUT2D eigenvalue weighted by atomic mass is 10.2. The Balaban J connectivity index is 1.51. The van der Waals surface area contributed by atoms with Crippen molar-refractivity contribution in [2.24, 2.45) is 0 Å². The fraction of sp³-hybridized carbons (Fsp3) is 0.133. The van der Waals surface area contributed by atoms with E-state index in [1.54, 1.807) is 0 Å². The van der Waals surface area contributed by atoms with Gasteiger partial charge in [-0.1, -0.05) is 121 Å². The second kappa shape index (κ2) is 12.5. The molecule has 34 heavy (non-hydrogen) atoms. The van der Waals surface area contributed by atoms with Crippen LogP contribution in [0.15, 0.2) is 133 Å². The molecule has 2 nitrogen and oxygen atoms in total. The van der Waals surface area contributed by atoms with Gasteiger partial charge in [0.15, 0.2) is 0 Å². The first-order valence-electron chi connectivity index (χ1n) is 11.6. The Hall–Kier alpha value is -2.92. The SMILES string of the molecule is OC(O)=C(CCP(c1ccccc1)c1ccccc1)CCP(c1ccccc1)c1ccccc1. The maximum Gasteiger partial charge on any atom is 0.273 e. The van der Waals surface area contributed by atoms with Gasteiger partial charge in [-0.05, 0) is 62.2 Å². The van der Waals surface area contributed by atoms with Crippen molar-refractivity contribution in [3.05, 3.63) is 133 Å². The highest BCUT2D eigenvalue weighted by atomic mass is 31.1. The van der Waals surface area contributed by atoms with Crippen LogP contribution in [0.4, 0.5) is 0 Å². The summed E-state index contributed by atoms with van der Waals surface area (Å²) in [5.74, 6) is -0.507. The van der Waals surface area contributed by atoms with Crippen LogP contribution in [0, 0.1) is 0 Å². The Bertz CT molecular complexity index is 992. The van der Waals surface area contributed by atoms with Crippen molar-refractivity contribution >= 4 is 37.1 Å². The topological polar surface area (TPSA) is 40.5 Å². The summed E-state index contributed by atoms with van der Waals surface area (Å²) in [4.78, 5) is 0. The van der Waals surface area contributed by atoms with Gasteiger partial charge in [0.2, 0.25) is 0 Å². The summed E-state index contributed by atoms with van der Waals surface area (Å²) in [5.41, 5.74) is 0.749. The molecular weight excluding hydrogens is 454 g/mol. The van der Waals surface area contributed by atoms with Gasteiger partial charge in [-0.15, -0.1) is 0 Å². The predicted molar refractivity (Wildman–Crippen MR) is 149 cm³/mol. The number of aliphatic hydroxyl groups is 2. The minimum absolute atomic E-state index is 0.507. The summed E-state index contributed by atoms with van der Waals surface area (Å²) in [6, 6.07) is 42.3. The van der Waals surface area contributed by atoms with E-state index in [2.05, 4.69) is 97.1 Å². The van der Waals surface area contributed by atoms with Crippen molar-refractivity contribution in [3.63, 3.8) is 0 Å². The molecule has 0 saturated carbocycles. The van der Waals surface area contributed by atoms with Crippen LogP contribution >= 0.6 is 15.8 Å². The third-order valence-electron chi connectivity index (χ3n) is 5.86. The van der Waals surface area contributed by atoms with E-state index in [4.69, 9.17) is 0 Å². The van der Waals surface area contributed by atoms with Crippen LogP contribution in [0.3, 0.4) is 0 Å². The number of hydrogen-bond donors (Lipinski definition) is 2. The second-order valence-corrected chi connectivity index (χ2v) is 12.7. The Kier molecular flexibility index (Phi) is 8.91. The molecule has 4 aromatic carbocycles. The van der Waals surface area contributed by atoms with Crippen LogP contribution in [0.2, 0.25) is 0 Å². The standard InChI is InChI=1S/C30H30O2P2/c31-30(32)25(21-23-33(26-13-5-1-6-14-26)27-15-7-2-8-16-27)22-24-34(28-17-9-3-10-18-28)29-19-11-4-12-20-29/h1-20,31-32H,21-24H2. The number of aliphatic hydroxyl groups excluding tert-OH is 1. The normalized spacial score (nSPS) is 11.0. The predicted octanol–water partition coefficient (Wildman–Crippen LogP) is 6.36. The van der Waals surface area contributed by atoms with Crippen LogP contribution in [0.5, 0.6) is 0 Å². The van der Waals surface area contributed by atoms with Crippen molar-refractivity contribution in [1.82, 2.24) is 0 Å². The van der Waals surface area contributed by atoms with Crippen molar-refractivity contribution < 1.29 is 10.2 Å². The lowest BCUT2D eigenvalue weighted by Gasteiger charge is -2.22. The van der Waals surface area contributed by atoms with Crippen LogP contribution in [0.1, 0.15) is 12.8 Å². The Morgan fingerprint density at radius 3 is 0.941 bits per heavy atom. The molecule has 0 heterocycles. The molecule has 0 bridgehead atoms. The van der Waals surface area contributed by atoms with Crippen molar-refractivity contribution in [1.29, 1.82) is 0 Å². The van der Waals surface area contributed by atoms with Crippen molar-refractivity contribution in [2.75, 3.05) is 12.3 Å². The highest BCUT2D eigenvalue weighted by molar-refractivity contribution is 7.73. The minimum Gasteiger partial charge on any atom is -0.481 e. The van der Waals surface area contributed by atoms with Gasteiger partial charge >= 0.3 is 0 Å². The summed E-state index contributed by atoms with van der Waals surface area (Å²) in [6.07, 6.45) is 3.12. The molecule has 0 fully saturated rings. The maximum atomic E-state index is 10.2. The van der Waals surface area contributed by atoms with E-state index in [1.165, 1.54) is 21.2 Å². The molecule has 0 aromatic heterocycles. The monoisotopic (exact) mass is 484 g/mol. The molecule has 0 aliphatic carbocycles. The van der Waals surface area contributed by atoms with Gasteiger partial charge < -0.3 is 10.2 Å². The zero-order valence-electron chi connectivity index (χ0n) is 19.2. The van der Waals surface area contributed by atoms with Gasteiger partial charge in [0.05, 0.1) is 0 Å². The zero-order chi connectivity index (χ0) is 23.6. The lowest BCUT2D eigenvalue weighted by molar-refractivity contribution is 0.182. The van der Waals surface area contributed by atoms with E-state index >= 15 is 0 Å². The van der Waals surface area contributed by atoms with E-state index in [-0.39, 0.29) is 0 Å². The number of allylic oxidation sites excluding steroid dienone is 1. The molecule has 4 rings (SSSR count). The molecule has 0 radical (unpaired) electrons. The maximum absolute atomic E-state index is 10.2. The molecule has 4 aromatic rings. The first-order chi connectivity index (χ1) is 16.7. The number of benzene rings is 4. The van der Waals surface area contributed by atoms with E-state index in [9.17, 15) is 10.2 Å². The Labute approximate surface area is 205 Å². The summed E-state index contributed by atoms with van der Waals surface area (Å²) in [6.45, 7) is 0. The largest absolute Gasteiger partial charge is 0.481 e. The highest BCUT2D eigenvalue weighted by Gasteiger charge is 2.19. The first-order valence-corrected chi connectivity index (χ1v) is 14.6. The van der Waals surface area contributed by atoms with Crippen LogP contribution in [0.25, 0.3) is 0 Å². The van der Waals surface area contributed by atoms with E-state index in [0.29, 0.717) is 12.8 Å². The highest BCUT2D eigenvalue weighted by Crippen LogP contribution is 2.39. The molecule has 0 aliphatic rings. The fourth-order valence-corrected chi connectivity index (χ4v) is 8.83. The molecule has 0 unspecified atom stereocenters. The first kappa shape index (κ1) is 24.2. The van der Waals surface area contributed by atoms with Gasteiger partial charge in [0, 0.05) is 5.57 Å². The van der Waals surface area contributed by atoms with Gasteiger partial charge in [-0.2, -0.15) is 0 Å². The molecular formula is C30H30O2P2. The van der Waals surface area contributed by atoms with Crippen molar-refractivity contribution in [3.8, 4) is 0 Å². The smallest absolute Gasteiger partial charge is 0.273 e. The van der Waals surface area contributed by atoms with Crippen molar-refractivity contribution in [2.45, 2.75) is 12.8 Å². The third-order valence-corrected chi connectivity index (χ3v) is 10.9. The van der Waals surface area contributed by atoms with Crippen LogP contribution in [-0.4, -0.2) is 22.5 Å². The minimum atomic E-state index is -0.573. The van der Waals surface area contributed by atoms with Gasteiger partial charge in [-0.25, -0.2) is 0 Å². The molecule has 0 spiro atoms. The molecule has 0 amide bonds. The summed E-state index contributed by atoms with van der Waals surface area (Å²) >= 11 is 0. The van der Waals surface area contributed by atoms with Gasteiger partial charge in [0.25, 0.3) is 5.95 Å². The molecule has 0 saturated heterocycles. The van der Waals surface area contributed by atoms with E-state index in [1.807, 2.05) is 24.3 Å². The molecule has 4 heteroatoms. The molecule has 0 aliphatic heterocycles. The number of rotatable bonds is 10. The average molecular weight is 485 g/mol. The summed E-state index contributed by atoms with van der Waals surface area (Å²) < 4.78 is 0. The second-order valence-electron chi connectivity index (χ2n) is 8.07. The Morgan fingerprint density at radius 1 is 0.441 bits per heavy atom. The quantitative estimate of drug-likeness (QED) is 0.203. The third kappa shape index (κ3) is 6.57. The van der Waals surface area contributed by atoms with Crippen LogP contribution in [-0.2, 0) is 0 Å². The van der Waals surface area contributed by atoms with Gasteiger partial charge in [-0.3, -0.25) is 0 Å². The van der Waals surface area contributed by atoms with E-state index < -0.39 is 21.8 Å². The fourth-order valence-electron chi connectivity index (χ4n) is 4.09. The zero-order valence-corrected chi connectivity index (χ0v) is 21.0. The molecule has 172 valence electrons. The molecule has 0 atom stereocenters. The lowest BCUT2D eigenvalue weighted by Crippen LogP contribution is -2.16. The number of hydrogen-bond acceptors (Lipinski definition) is 2. The van der Waals surface area contributed by atoms with Gasteiger partial charge in [0.1, 0.15) is 0 Å². The summed E-state index contributed by atoms with van der Waals surface area (Å²) in [5, 5.41) is 25.6. The average Bonchev–Trinajstić information content (AvgIpc) is 2.90. The Morgan fingerprint density at radius 2 is 0.706 bits per heavy atom. The summed E-state index contributed by atoms with van der Waals surface area (Å²) in [7, 11) is -1.15. The van der Waals surface area contributed by atoms with Crippen LogP contribution < -0.4 is 21.2 Å². The van der Waals surface area contributed by atoms with E-state index in [0.717, 1.165) is 17.9 Å². The molecule has 2 N–H and O–H groups in total.